The molecule has 1 unspecified atom stereocenters. The summed E-state index contributed by atoms with van der Waals surface area (Å²) in [7, 11) is 0. The fraction of sp³-hybridized carbons (Fsp3) is 0.200. The monoisotopic (exact) mass is 280 g/mol. The van der Waals surface area contributed by atoms with Gasteiger partial charge in [0.05, 0.1) is 6.04 Å². The predicted octanol–water partition coefficient (Wildman–Crippen LogP) is 3.27. The summed E-state index contributed by atoms with van der Waals surface area (Å²) in [6.07, 6.45) is 0. The zero-order valence-corrected chi connectivity index (χ0v) is 11.2. The van der Waals surface area contributed by atoms with Gasteiger partial charge in [0.2, 0.25) is 0 Å². The first-order valence-corrected chi connectivity index (χ1v) is 6.12. The van der Waals surface area contributed by atoms with Gasteiger partial charge in [-0.3, -0.25) is 5.84 Å². The van der Waals surface area contributed by atoms with E-state index in [1.54, 1.807) is 19.9 Å². The molecule has 0 bridgehead atoms. The molecule has 106 valence electrons. The average Bonchev–Trinajstić information content (AvgIpc) is 2.37. The number of nitrogens with two attached hydrogens (primary N) is 1. The molecule has 0 aromatic heterocycles. The first kappa shape index (κ1) is 14.6. The molecule has 0 fully saturated rings. The van der Waals surface area contributed by atoms with E-state index in [1.165, 1.54) is 18.2 Å². The topological polar surface area (TPSA) is 38.0 Å². The Morgan fingerprint density at radius 2 is 1.75 bits per heavy atom. The van der Waals surface area contributed by atoms with Crippen molar-refractivity contribution in [2.24, 2.45) is 5.84 Å². The lowest BCUT2D eigenvalue weighted by Gasteiger charge is -2.21. The second-order valence-electron chi connectivity index (χ2n) is 4.72. The number of rotatable bonds is 3. The Morgan fingerprint density at radius 3 is 2.35 bits per heavy atom. The predicted molar refractivity (Wildman–Crippen MR) is 71.4 cm³/mol. The van der Waals surface area contributed by atoms with E-state index in [2.05, 4.69) is 5.43 Å². The van der Waals surface area contributed by atoms with E-state index in [9.17, 15) is 13.2 Å². The van der Waals surface area contributed by atoms with Crippen molar-refractivity contribution in [3.63, 3.8) is 0 Å². The summed E-state index contributed by atoms with van der Waals surface area (Å²) in [5.41, 5.74) is 3.91. The van der Waals surface area contributed by atoms with Gasteiger partial charge in [0.25, 0.3) is 0 Å². The molecule has 0 spiro atoms. The standard InChI is InChI=1S/C15H15F3N2/c1-8-6-9(2)13(12(17)7-8)15(20-19)10-4-3-5-11(16)14(10)18/h3-7,15,20H,19H2,1-2H3. The van der Waals surface area contributed by atoms with E-state index < -0.39 is 23.5 Å². The van der Waals surface area contributed by atoms with Gasteiger partial charge >= 0.3 is 0 Å². The largest absolute Gasteiger partial charge is 0.271 e. The molecule has 0 aliphatic rings. The Kier molecular flexibility index (Phi) is 4.11. The van der Waals surface area contributed by atoms with E-state index in [0.29, 0.717) is 5.56 Å². The molecule has 0 radical (unpaired) electrons. The maximum absolute atomic E-state index is 14.2. The minimum absolute atomic E-state index is 0.0293. The van der Waals surface area contributed by atoms with Crippen molar-refractivity contribution >= 4 is 0 Å². The first-order valence-electron chi connectivity index (χ1n) is 6.12. The maximum atomic E-state index is 14.2. The van der Waals surface area contributed by atoms with Crippen LogP contribution in [0.5, 0.6) is 0 Å². The van der Waals surface area contributed by atoms with Crippen molar-refractivity contribution in [1.82, 2.24) is 5.43 Å². The minimum Gasteiger partial charge on any atom is -0.271 e. The highest BCUT2D eigenvalue weighted by Gasteiger charge is 2.23. The highest BCUT2D eigenvalue weighted by Crippen LogP contribution is 2.30. The van der Waals surface area contributed by atoms with Crippen LogP contribution < -0.4 is 11.3 Å². The Labute approximate surface area is 115 Å². The molecule has 2 aromatic carbocycles. The smallest absolute Gasteiger partial charge is 0.163 e. The zero-order valence-electron chi connectivity index (χ0n) is 11.2. The number of hydrogen-bond donors (Lipinski definition) is 2. The van der Waals surface area contributed by atoms with Crippen LogP contribution in [0, 0.1) is 31.3 Å². The van der Waals surface area contributed by atoms with Crippen LogP contribution in [0.4, 0.5) is 13.2 Å². The van der Waals surface area contributed by atoms with Crippen molar-refractivity contribution < 1.29 is 13.2 Å². The fourth-order valence-corrected chi connectivity index (χ4v) is 2.36. The number of nitrogens with one attached hydrogen (secondary N) is 1. The van der Waals surface area contributed by atoms with Gasteiger partial charge in [-0.1, -0.05) is 18.2 Å². The molecular weight excluding hydrogens is 265 g/mol. The SMILES string of the molecule is Cc1cc(C)c(C(NN)c2cccc(F)c2F)c(F)c1. The Bertz CT molecular complexity index is 618. The molecule has 3 N–H and O–H groups in total. The summed E-state index contributed by atoms with van der Waals surface area (Å²) in [6.45, 7) is 3.46. The number of benzene rings is 2. The molecule has 0 aliphatic heterocycles. The van der Waals surface area contributed by atoms with Crippen molar-refractivity contribution in [3.8, 4) is 0 Å². The normalized spacial score (nSPS) is 12.5. The molecular formula is C15H15F3N2. The number of halogens is 3. The van der Waals surface area contributed by atoms with Crippen LogP contribution in [0.25, 0.3) is 0 Å². The molecule has 2 aromatic rings. The Morgan fingerprint density at radius 1 is 1.05 bits per heavy atom. The lowest BCUT2D eigenvalue weighted by molar-refractivity contribution is 0.476. The molecule has 2 rings (SSSR count). The number of hydrazine groups is 1. The van der Waals surface area contributed by atoms with Gasteiger partial charge in [-0.25, -0.2) is 18.6 Å². The summed E-state index contributed by atoms with van der Waals surface area (Å²) >= 11 is 0. The first-order chi connectivity index (χ1) is 9.45. The fourth-order valence-electron chi connectivity index (χ4n) is 2.36. The van der Waals surface area contributed by atoms with Gasteiger partial charge < -0.3 is 0 Å². The van der Waals surface area contributed by atoms with Crippen LogP contribution in [-0.2, 0) is 0 Å². The maximum Gasteiger partial charge on any atom is 0.163 e. The van der Waals surface area contributed by atoms with E-state index in [-0.39, 0.29) is 11.1 Å². The van der Waals surface area contributed by atoms with Gasteiger partial charge in [0.15, 0.2) is 11.6 Å². The molecule has 20 heavy (non-hydrogen) atoms. The number of hydrogen-bond acceptors (Lipinski definition) is 2. The average molecular weight is 280 g/mol. The Hall–Kier alpha value is -1.85. The summed E-state index contributed by atoms with van der Waals surface area (Å²) < 4.78 is 41.3. The second kappa shape index (κ2) is 5.64. The lowest BCUT2D eigenvalue weighted by Crippen LogP contribution is -2.31. The van der Waals surface area contributed by atoms with Crippen molar-refractivity contribution in [3.05, 3.63) is 70.0 Å². The molecule has 0 aliphatic carbocycles. The highest BCUT2D eigenvalue weighted by molar-refractivity contribution is 5.40. The highest BCUT2D eigenvalue weighted by atomic mass is 19.2. The van der Waals surface area contributed by atoms with Crippen LogP contribution in [0.1, 0.15) is 28.3 Å². The molecule has 1 atom stereocenters. The summed E-state index contributed by atoms with van der Waals surface area (Å²) in [4.78, 5) is 0. The third kappa shape index (κ3) is 2.55. The van der Waals surface area contributed by atoms with E-state index in [4.69, 9.17) is 5.84 Å². The van der Waals surface area contributed by atoms with Crippen molar-refractivity contribution in [1.29, 1.82) is 0 Å². The molecule has 0 saturated heterocycles. The molecule has 5 heteroatoms. The third-order valence-corrected chi connectivity index (χ3v) is 3.23. The van der Waals surface area contributed by atoms with E-state index in [1.807, 2.05) is 0 Å². The quantitative estimate of drug-likeness (QED) is 0.669. The Balaban J connectivity index is 2.62. The summed E-state index contributed by atoms with van der Waals surface area (Å²) in [5, 5.41) is 0. The van der Waals surface area contributed by atoms with Crippen LogP contribution in [0.3, 0.4) is 0 Å². The zero-order chi connectivity index (χ0) is 14.9. The van der Waals surface area contributed by atoms with Crippen LogP contribution in [0.2, 0.25) is 0 Å². The van der Waals surface area contributed by atoms with E-state index >= 15 is 0 Å². The molecule has 0 heterocycles. The van der Waals surface area contributed by atoms with Gasteiger partial charge in [0.1, 0.15) is 5.82 Å². The molecule has 0 amide bonds. The van der Waals surface area contributed by atoms with Gasteiger partial charge in [-0.2, -0.15) is 0 Å². The lowest BCUT2D eigenvalue weighted by atomic mass is 9.93. The molecule has 0 saturated carbocycles. The van der Waals surface area contributed by atoms with Gasteiger partial charge in [0, 0.05) is 11.1 Å². The van der Waals surface area contributed by atoms with Gasteiger partial charge in [-0.15, -0.1) is 0 Å². The van der Waals surface area contributed by atoms with E-state index in [0.717, 1.165) is 11.6 Å². The van der Waals surface area contributed by atoms with Gasteiger partial charge in [-0.05, 0) is 37.1 Å². The van der Waals surface area contributed by atoms with Crippen LogP contribution in [-0.4, -0.2) is 0 Å². The second-order valence-corrected chi connectivity index (χ2v) is 4.72. The molecule has 2 nitrogen and oxygen atoms in total. The van der Waals surface area contributed by atoms with Crippen LogP contribution >= 0.6 is 0 Å². The number of aryl methyl sites for hydroxylation is 2. The minimum atomic E-state index is -1.03. The van der Waals surface area contributed by atoms with Crippen molar-refractivity contribution in [2.75, 3.05) is 0 Å². The summed E-state index contributed by atoms with van der Waals surface area (Å²) in [6, 6.07) is 5.89. The summed E-state index contributed by atoms with van der Waals surface area (Å²) in [5.74, 6) is 2.90. The van der Waals surface area contributed by atoms with Crippen molar-refractivity contribution in [2.45, 2.75) is 19.9 Å². The van der Waals surface area contributed by atoms with Crippen LogP contribution in [0.15, 0.2) is 30.3 Å². The third-order valence-electron chi connectivity index (χ3n) is 3.23.